The molecule has 8 nitrogen and oxygen atoms in total. The summed E-state index contributed by atoms with van der Waals surface area (Å²) in [5, 5.41) is 12.8. The van der Waals surface area contributed by atoms with E-state index >= 15 is 0 Å². The molecule has 0 atom stereocenters. The fourth-order valence-corrected chi connectivity index (χ4v) is 4.06. The molecule has 1 aliphatic rings. The molecule has 1 amide bonds. The SMILES string of the molecule is O=C(O)N1CCC(Oc2cccc3ncc(-c4ccc(-c5cnn(C(F)F)c5)cc4)n23)CC1. The van der Waals surface area contributed by atoms with Gasteiger partial charge >= 0.3 is 12.6 Å². The Morgan fingerprint density at radius 3 is 2.42 bits per heavy atom. The van der Waals surface area contributed by atoms with Crippen LogP contribution < -0.4 is 4.74 Å². The van der Waals surface area contributed by atoms with Gasteiger partial charge in [0.15, 0.2) is 5.88 Å². The van der Waals surface area contributed by atoms with Crippen molar-refractivity contribution in [2.75, 3.05) is 13.1 Å². The summed E-state index contributed by atoms with van der Waals surface area (Å²) in [5.41, 5.74) is 3.84. The third-order valence-electron chi connectivity index (χ3n) is 5.81. The van der Waals surface area contributed by atoms with E-state index in [4.69, 9.17) is 9.84 Å². The molecule has 1 saturated heterocycles. The lowest BCUT2D eigenvalue weighted by atomic mass is 10.1. The molecular weight excluding hydrogens is 432 g/mol. The zero-order chi connectivity index (χ0) is 22.9. The molecule has 1 aromatic carbocycles. The Morgan fingerprint density at radius 1 is 1.03 bits per heavy atom. The van der Waals surface area contributed by atoms with Gasteiger partial charge in [0.25, 0.3) is 0 Å². The zero-order valence-corrected chi connectivity index (χ0v) is 17.5. The quantitative estimate of drug-likeness (QED) is 0.470. The second-order valence-corrected chi connectivity index (χ2v) is 7.85. The van der Waals surface area contributed by atoms with E-state index in [0.29, 0.717) is 42.1 Å². The molecular formula is C23H21F2N5O3. The topological polar surface area (TPSA) is 84.9 Å². The normalized spacial score (nSPS) is 14.8. The molecule has 0 bridgehead atoms. The van der Waals surface area contributed by atoms with Crippen molar-refractivity contribution < 1.29 is 23.4 Å². The summed E-state index contributed by atoms with van der Waals surface area (Å²) in [6, 6.07) is 13.1. The molecule has 10 heteroatoms. The summed E-state index contributed by atoms with van der Waals surface area (Å²) < 4.78 is 34.4. The van der Waals surface area contributed by atoms with Crippen molar-refractivity contribution in [1.82, 2.24) is 24.1 Å². The lowest BCUT2D eigenvalue weighted by Gasteiger charge is -2.30. The number of ether oxygens (including phenoxy) is 1. The molecule has 4 heterocycles. The number of carbonyl (C=O) groups is 1. The first-order valence-corrected chi connectivity index (χ1v) is 10.5. The Bertz CT molecular complexity index is 1280. The minimum absolute atomic E-state index is 0.0878. The highest BCUT2D eigenvalue weighted by molar-refractivity contribution is 5.70. The van der Waals surface area contributed by atoms with Gasteiger partial charge in [-0.1, -0.05) is 30.3 Å². The van der Waals surface area contributed by atoms with Crippen LogP contribution in [0, 0.1) is 0 Å². The van der Waals surface area contributed by atoms with Gasteiger partial charge < -0.3 is 14.7 Å². The van der Waals surface area contributed by atoms with Crippen LogP contribution in [0.2, 0.25) is 0 Å². The third kappa shape index (κ3) is 4.11. The van der Waals surface area contributed by atoms with Gasteiger partial charge in [-0.2, -0.15) is 13.9 Å². The monoisotopic (exact) mass is 453 g/mol. The number of aromatic nitrogens is 4. The van der Waals surface area contributed by atoms with Gasteiger partial charge in [0.1, 0.15) is 11.8 Å². The van der Waals surface area contributed by atoms with Crippen LogP contribution in [0.4, 0.5) is 13.6 Å². The largest absolute Gasteiger partial charge is 0.475 e. The van der Waals surface area contributed by atoms with Crippen LogP contribution in [0.15, 0.2) is 61.1 Å². The number of benzene rings is 1. The smallest absolute Gasteiger partial charge is 0.407 e. The van der Waals surface area contributed by atoms with Crippen molar-refractivity contribution >= 4 is 11.7 Å². The second kappa shape index (κ2) is 8.53. The molecule has 5 rings (SSSR count). The van der Waals surface area contributed by atoms with Gasteiger partial charge in [-0.15, -0.1) is 0 Å². The summed E-state index contributed by atoms with van der Waals surface area (Å²) in [6.07, 6.45) is 4.74. The fourth-order valence-electron chi connectivity index (χ4n) is 4.06. The summed E-state index contributed by atoms with van der Waals surface area (Å²) in [5.74, 6) is 0.635. The molecule has 170 valence electrons. The predicted octanol–water partition coefficient (Wildman–Crippen LogP) is 4.78. The fraction of sp³-hybridized carbons (Fsp3) is 0.261. The van der Waals surface area contributed by atoms with E-state index in [1.165, 1.54) is 17.3 Å². The van der Waals surface area contributed by atoms with Gasteiger partial charge in [0.05, 0.1) is 18.1 Å². The highest BCUT2D eigenvalue weighted by atomic mass is 19.3. The van der Waals surface area contributed by atoms with Crippen molar-refractivity contribution in [2.24, 2.45) is 0 Å². The number of fused-ring (bicyclic) bond motifs is 1. The first kappa shape index (κ1) is 20.9. The van der Waals surface area contributed by atoms with Crippen LogP contribution in [-0.2, 0) is 0 Å². The first-order chi connectivity index (χ1) is 16.0. The maximum absolute atomic E-state index is 12.8. The maximum Gasteiger partial charge on any atom is 0.407 e. The van der Waals surface area contributed by atoms with Crippen molar-refractivity contribution in [3.05, 3.63) is 61.1 Å². The first-order valence-electron chi connectivity index (χ1n) is 10.5. The van der Waals surface area contributed by atoms with Crippen molar-refractivity contribution in [3.8, 4) is 28.3 Å². The van der Waals surface area contributed by atoms with Crippen LogP contribution in [0.3, 0.4) is 0 Å². The number of nitrogens with zero attached hydrogens (tertiary/aromatic N) is 5. The summed E-state index contributed by atoms with van der Waals surface area (Å²) in [6.45, 7) is -1.79. The molecule has 1 aliphatic heterocycles. The number of piperidine rings is 1. The molecule has 33 heavy (non-hydrogen) atoms. The van der Waals surface area contributed by atoms with Crippen molar-refractivity contribution in [2.45, 2.75) is 25.5 Å². The number of hydrogen-bond donors (Lipinski definition) is 1. The number of hydrogen-bond acceptors (Lipinski definition) is 4. The Kier molecular flexibility index (Phi) is 5.41. The van der Waals surface area contributed by atoms with E-state index < -0.39 is 12.6 Å². The van der Waals surface area contributed by atoms with E-state index in [-0.39, 0.29) is 6.10 Å². The van der Waals surface area contributed by atoms with Gasteiger partial charge in [-0.05, 0) is 17.7 Å². The number of halogens is 2. The average molecular weight is 453 g/mol. The standard InChI is InChI=1S/C23H21F2N5O3/c24-22(25)29-14-17(12-27-29)15-4-6-16(7-5-15)19-13-26-20-2-1-3-21(30(19)20)33-18-8-10-28(11-9-18)23(31)32/h1-7,12-14,18,22H,8-11H2,(H,31,32). The van der Waals surface area contributed by atoms with E-state index in [1.54, 1.807) is 6.20 Å². The number of likely N-dealkylation sites (tertiary alicyclic amines) is 1. The molecule has 0 aliphatic carbocycles. The zero-order valence-electron chi connectivity index (χ0n) is 17.5. The minimum atomic E-state index is -2.68. The summed E-state index contributed by atoms with van der Waals surface area (Å²) in [7, 11) is 0. The van der Waals surface area contributed by atoms with Crippen LogP contribution in [0.1, 0.15) is 19.4 Å². The lowest BCUT2D eigenvalue weighted by Crippen LogP contribution is -2.41. The summed E-state index contributed by atoms with van der Waals surface area (Å²) >= 11 is 0. The summed E-state index contributed by atoms with van der Waals surface area (Å²) in [4.78, 5) is 17.0. The van der Waals surface area contributed by atoms with Gasteiger partial charge in [0.2, 0.25) is 0 Å². The molecule has 0 radical (unpaired) electrons. The number of carboxylic acid groups (broad SMARTS) is 1. The molecule has 4 aromatic rings. The Hall–Kier alpha value is -3.95. The molecule has 3 aromatic heterocycles. The van der Waals surface area contributed by atoms with Crippen LogP contribution in [0.5, 0.6) is 5.88 Å². The number of imidazole rings is 1. The van der Waals surface area contributed by atoms with E-state index in [2.05, 4.69) is 10.1 Å². The molecule has 0 unspecified atom stereocenters. The van der Waals surface area contributed by atoms with E-state index in [1.807, 2.05) is 46.9 Å². The van der Waals surface area contributed by atoms with Gasteiger partial charge in [-0.25, -0.2) is 14.5 Å². The molecule has 1 fully saturated rings. The Labute approximate surface area is 187 Å². The molecule has 1 N–H and O–H groups in total. The predicted molar refractivity (Wildman–Crippen MR) is 116 cm³/mol. The number of alkyl halides is 2. The van der Waals surface area contributed by atoms with Crippen molar-refractivity contribution in [1.29, 1.82) is 0 Å². The van der Waals surface area contributed by atoms with Crippen LogP contribution in [0.25, 0.3) is 28.0 Å². The van der Waals surface area contributed by atoms with Gasteiger partial charge in [-0.3, -0.25) is 4.40 Å². The lowest BCUT2D eigenvalue weighted by molar-refractivity contribution is 0.0566. The number of pyridine rings is 1. The average Bonchev–Trinajstić information content (AvgIpc) is 3.48. The maximum atomic E-state index is 12.8. The van der Waals surface area contributed by atoms with Gasteiger partial charge in [0, 0.05) is 43.3 Å². The highest BCUT2D eigenvalue weighted by Crippen LogP contribution is 2.30. The second-order valence-electron chi connectivity index (χ2n) is 7.85. The number of rotatable bonds is 5. The highest BCUT2D eigenvalue weighted by Gasteiger charge is 2.24. The van der Waals surface area contributed by atoms with Crippen LogP contribution in [-0.4, -0.2) is 54.5 Å². The minimum Gasteiger partial charge on any atom is -0.475 e. The Morgan fingerprint density at radius 2 is 1.76 bits per heavy atom. The Balaban J connectivity index is 1.40. The molecule has 0 saturated carbocycles. The number of amides is 1. The van der Waals surface area contributed by atoms with Crippen molar-refractivity contribution in [3.63, 3.8) is 0 Å². The van der Waals surface area contributed by atoms with E-state index in [9.17, 15) is 13.6 Å². The molecule has 0 spiro atoms. The van der Waals surface area contributed by atoms with E-state index in [0.717, 1.165) is 22.5 Å². The van der Waals surface area contributed by atoms with Crippen LogP contribution >= 0.6 is 0 Å². The third-order valence-corrected chi connectivity index (χ3v) is 5.81.